The molecule has 1 aliphatic rings. The van der Waals surface area contributed by atoms with Crippen molar-refractivity contribution >= 4 is 16.0 Å². The van der Waals surface area contributed by atoms with Crippen LogP contribution in [0.5, 0.6) is 0 Å². The topological polar surface area (TPSA) is 77.0 Å². The molecule has 1 heterocycles. The number of nitrogens with zero attached hydrogens (tertiary/aromatic N) is 3. The smallest absolute Gasteiger partial charge is 0.356 e. The van der Waals surface area contributed by atoms with E-state index in [2.05, 4.69) is 34.4 Å². The summed E-state index contributed by atoms with van der Waals surface area (Å²) in [5.74, 6) is 0.709. The van der Waals surface area contributed by atoms with Gasteiger partial charge in [-0.2, -0.15) is 17.5 Å². The minimum atomic E-state index is -5.23. The molecule has 1 rings (SSSR count). The molecule has 0 aromatic carbocycles. The van der Waals surface area contributed by atoms with Crippen molar-refractivity contribution in [1.29, 1.82) is 0 Å². The molecule has 0 aliphatic carbocycles. The summed E-state index contributed by atoms with van der Waals surface area (Å²) in [5.41, 5.74) is -5.31. The molecule has 7 nitrogen and oxygen atoms in total. The number of sulfonamides is 1. The zero-order valence-corrected chi connectivity index (χ0v) is 16.8. The maximum atomic E-state index is 12.6. The summed E-state index contributed by atoms with van der Waals surface area (Å²) >= 11 is 0. The van der Waals surface area contributed by atoms with Gasteiger partial charge in [0.15, 0.2) is 5.96 Å². The molecule has 0 radical (unpaired) electrons. The molecule has 2 N–H and O–H groups in total. The normalized spacial score (nSPS) is 19.0. The molecule has 1 saturated heterocycles. The number of aliphatic imine (C=N–C) groups is 1. The average Bonchev–Trinajstić information content (AvgIpc) is 2.54. The predicted octanol–water partition coefficient (Wildman–Crippen LogP) is 1.05. The van der Waals surface area contributed by atoms with Gasteiger partial charge in [0.25, 0.3) is 0 Å². The number of rotatable bonds is 6. The van der Waals surface area contributed by atoms with Gasteiger partial charge in [-0.25, -0.2) is 8.42 Å². The fourth-order valence-corrected chi connectivity index (χ4v) is 3.40. The number of hydrogen-bond donors (Lipinski definition) is 2. The van der Waals surface area contributed by atoms with Gasteiger partial charge in [-0.3, -0.25) is 4.99 Å². The highest BCUT2D eigenvalue weighted by molar-refractivity contribution is 7.90. The van der Waals surface area contributed by atoms with E-state index >= 15 is 0 Å². The van der Waals surface area contributed by atoms with Crippen LogP contribution in [0.3, 0.4) is 0 Å². The Labute approximate surface area is 154 Å². The summed E-state index contributed by atoms with van der Waals surface area (Å²) in [7, 11) is 0.403. The van der Waals surface area contributed by atoms with E-state index in [0.29, 0.717) is 36.2 Å². The molecule has 0 aromatic rings. The van der Waals surface area contributed by atoms with Crippen molar-refractivity contribution in [2.45, 2.75) is 37.7 Å². The van der Waals surface area contributed by atoms with Crippen LogP contribution in [0.2, 0.25) is 0 Å². The lowest BCUT2D eigenvalue weighted by atomic mass is 9.98. The van der Waals surface area contributed by atoms with Crippen LogP contribution in [0.4, 0.5) is 13.2 Å². The van der Waals surface area contributed by atoms with E-state index < -0.39 is 15.5 Å². The van der Waals surface area contributed by atoms with Gasteiger partial charge < -0.3 is 15.5 Å². The highest BCUT2D eigenvalue weighted by atomic mass is 32.2. The van der Waals surface area contributed by atoms with Crippen molar-refractivity contribution in [2.75, 3.05) is 47.3 Å². The molecule has 1 fully saturated rings. The predicted molar refractivity (Wildman–Crippen MR) is 96.4 cm³/mol. The van der Waals surface area contributed by atoms with Crippen LogP contribution in [-0.2, 0) is 10.0 Å². The fraction of sp³-hybridized carbons (Fsp3) is 0.933. The Balaban J connectivity index is 2.46. The second-order valence-electron chi connectivity index (χ2n) is 7.31. The summed E-state index contributed by atoms with van der Waals surface area (Å²) in [6, 6.07) is 0. The van der Waals surface area contributed by atoms with Gasteiger partial charge in [-0.1, -0.05) is 0 Å². The Morgan fingerprint density at radius 3 is 2.15 bits per heavy atom. The van der Waals surface area contributed by atoms with Gasteiger partial charge in [0.2, 0.25) is 0 Å². The largest absolute Gasteiger partial charge is 0.511 e. The summed E-state index contributed by atoms with van der Waals surface area (Å²) in [5, 5.41) is 6.39. The maximum absolute atomic E-state index is 12.6. The van der Waals surface area contributed by atoms with Crippen LogP contribution in [0, 0.1) is 5.92 Å². The Hall–Kier alpha value is -1.07. The lowest BCUT2D eigenvalue weighted by molar-refractivity contribution is -0.0496. The van der Waals surface area contributed by atoms with Crippen molar-refractivity contribution in [1.82, 2.24) is 19.8 Å². The molecule has 0 saturated carbocycles. The summed E-state index contributed by atoms with van der Waals surface area (Å²) in [6.45, 7) is 5.14. The van der Waals surface area contributed by atoms with Gasteiger partial charge in [0.05, 0.1) is 0 Å². The standard InChI is InChI=1S/C15H30F3N5O2S/c1-14(2,22(4)5)11-21-13(19-3)20-10-12-6-8-23(9-7-12)26(24,25)15(16,17)18/h12H,6-11H2,1-5H3,(H2,19,20,21). The Bertz CT molecular complexity index is 583. The first kappa shape index (κ1) is 23.0. The molecule has 26 heavy (non-hydrogen) atoms. The zero-order chi connectivity index (χ0) is 20.2. The first-order valence-electron chi connectivity index (χ1n) is 8.49. The molecular weight excluding hydrogens is 371 g/mol. The van der Waals surface area contributed by atoms with Crippen molar-refractivity contribution in [3.05, 3.63) is 0 Å². The van der Waals surface area contributed by atoms with Gasteiger partial charge in [0.1, 0.15) is 0 Å². The second kappa shape index (κ2) is 8.75. The molecule has 1 aliphatic heterocycles. The highest BCUT2D eigenvalue weighted by Gasteiger charge is 2.50. The number of alkyl halides is 3. The van der Waals surface area contributed by atoms with E-state index in [-0.39, 0.29) is 24.5 Å². The zero-order valence-electron chi connectivity index (χ0n) is 16.0. The Kier molecular flexibility index (Phi) is 7.73. The molecule has 0 spiro atoms. The quantitative estimate of drug-likeness (QED) is 0.514. The molecule has 0 unspecified atom stereocenters. The van der Waals surface area contributed by atoms with E-state index in [1.165, 1.54) is 0 Å². The van der Waals surface area contributed by atoms with E-state index in [4.69, 9.17) is 0 Å². The van der Waals surface area contributed by atoms with Crippen molar-refractivity contribution in [3.63, 3.8) is 0 Å². The van der Waals surface area contributed by atoms with E-state index in [0.717, 1.165) is 0 Å². The number of hydrogen-bond acceptors (Lipinski definition) is 4. The van der Waals surface area contributed by atoms with Crippen molar-refractivity contribution in [3.8, 4) is 0 Å². The van der Waals surface area contributed by atoms with Crippen LogP contribution in [0.1, 0.15) is 26.7 Å². The van der Waals surface area contributed by atoms with Crippen LogP contribution in [-0.4, -0.2) is 82.0 Å². The third kappa shape index (κ3) is 5.98. The Morgan fingerprint density at radius 1 is 1.19 bits per heavy atom. The first-order valence-corrected chi connectivity index (χ1v) is 9.93. The first-order chi connectivity index (χ1) is 11.8. The number of halogens is 3. The van der Waals surface area contributed by atoms with E-state index in [1.54, 1.807) is 7.05 Å². The van der Waals surface area contributed by atoms with Crippen LogP contribution < -0.4 is 10.6 Å². The molecule has 0 bridgehead atoms. The summed E-state index contributed by atoms with van der Waals surface area (Å²) in [4.78, 5) is 6.23. The third-order valence-electron chi connectivity index (χ3n) is 4.89. The van der Waals surface area contributed by atoms with Gasteiger partial charge in [-0.15, -0.1) is 0 Å². The minimum Gasteiger partial charge on any atom is -0.356 e. The van der Waals surface area contributed by atoms with Crippen LogP contribution in [0.25, 0.3) is 0 Å². The Morgan fingerprint density at radius 2 is 1.73 bits per heavy atom. The fourth-order valence-electron chi connectivity index (χ4n) is 2.42. The number of nitrogens with one attached hydrogen (secondary N) is 2. The van der Waals surface area contributed by atoms with Crippen LogP contribution in [0.15, 0.2) is 4.99 Å². The molecule has 154 valence electrons. The number of likely N-dealkylation sites (N-methyl/N-ethyl adjacent to an activating group) is 1. The highest BCUT2D eigenvalue weighted by Crippen LogP contribution is 2.30. The second-order valence-corrected chi connectivity index (χ2v) is 9.24. The van der Waals surface area contributed by atoms with Gasteiger partial charge >= 0.3 is 15.5 Å². The summed E-state index contributed by atoms with van der Waals surface area (Å²) < 4.78 is 61.1. The molecule has 0 amide bonds. The van der Waals surface area contributed by atoms with E-state index in [9.17, 15) is 21.6 Å². The number of piperidine rings is 1. The number of guanidine groups is 1. The van der Waals surface area contributed by atoms with Gasteiger partial charge in [-0.05, 0) is 46.7 Å². The average molecular weight is 401 g/mol. The third-order valence-corrected chi connectivity index (χ3v) is 6.52. The SMILES string of the molecule is CN=C(NCC1CCN(S(=O)(=O)C(F)(F)F)CC1)NCC(C)(C)N(C)C. The van der Waals surface area contributed by atoms with E-state index in [1.807, 2.05) is 14.1 Å². The van der Waals surface area contributed by atoms with Gasteiger partial charge in [0, 0.05) is 38.8 Å². The minimum absolute atomic E-state index is 0.0745. The molecule has 11 heteroatoms. The maximum Gasteiger partial charge on any atom is 0.511 e. The molecule has 0 aromatic heterocycles. The lowest BCUT2D eigenvalue weighted by Gasteiger charge is -2.34. The summed E-state index contributed by atoms with van der Waals surface area (Å²) in [6.07, 6.45) is 0.755. The lowest BCUT2D eigenvalue weighted by Crippen LogP contribution is -2.51. The van der Waals surface area contributed by atoms with Crippen molar-refractivity contribution < 1.29 is 21.6 Å². The monoisotopic (exact) mass is 401 g/mol. The van der Waals surface area contributed by atoms with Crippen molar-refractivity contribution in [2.24, 2.45) is 10.9 Å². The molecular formula is C15H30F3N5O2S. The molecule has 0 atom stereocenters. The van der Waals surface area contributed by atoms with Crippen LogP contribution >= 0.6 is 0 Å².